The van der Waals surface area contributed by atoms with Crippen LogP contribution < -0.4 is 10.1 Å². The third-order valence-corrected chi connectivity index (χ3v) is 6.21. The summed E-state index contributed by atoms with van der Waals surface area (Å²) >= 11 is 0. The van der Waals surface area contributed by atoms with Crippen LogP contribution in [0.15, 0.2) is 36.4 Å². The van der Waals surface area contributed by atoms with Gasteiger partial charge in [0.1, 0.15) is 18.0 Å². The number of halogens is 1. The second-order valence-corrected chi connectivity index (χ2v) is 9.75. The molecule has 0 aliphatic rings. The zero-order valence-corrected chi connectivity index (χ0v) is 22.0. The van der Waals surface area contributed by atoms with E-state index >= 15 is 0 Å². The molecule has 4 N–H and O–H groups in total. The number of carbonyl (C=O) groups is 2. The molecule has 0 bridgehead atoms. The number of aryl methyl sites for hydroxylation is 1. The van der Waals surface area contributed by atoms with Gasteiger partial charge in [-0.25, -0.2) is 9.18 Å². The number of amides is 3. The van der Waals surface area contributed by atoms with Crippen LogP contribution in [-0.4, -0.2) is 52.5 Å². The van der Waals surface area contributed by atoms with Crippen molar-refractivity contribution in [2.45, 2.75) is 65.0 Å². The van der Waals surface area contributed by atoms with Gasteiger partial charge in [-0.3, -0.25) is 9.69 Å². The molecule has 2 aromatic rings. The van der Waals surface area contributed by atoms with Gasteiger partial charge in [-0.05, 0) is 73.1 Å². The number of imide groups is 1. The minimum absolute atomic E-state index is 0.0351. The summed E-state index contributed by atoms with van der Waals surface area (Å²) in [5.74, 6) is 0.0992. The quantitative estimate of drug-likeness (QED) is 0.160. The number of urea groups is 1. The van der Waals surface area contributed by atoms with Crippen molar-refractivity contribution in [3.63, 3.8) is 0 Å². The lowest BCUT2D eigenvalue weighted by atomic mass is 9.94. The van der Waals surface area contributed by atoms with Crippen LogP contribution in [-0.2, 0) is 16.8 Å². The lowest BCUT2D eigenvalue weighted by Gasteiger charge is -2.26. The highest BCUT2D eigenvalue weighted by Gasteiger charge is 2.24. The molecule has 2 rings (SSSR count). The summed E-state index contributed by atoms with van der Waals surface area (Å²) in [5.41, 5.74) is 0.458. The Morgan fingerprint density at radius 3 is 2.49 bits per heavy atom. The van der Waals surface area contributed by atoms with Gasteiger partial charge in [-0.1, -0.05) is 39.3 Å². The Balaban J connectivity index is 1.92. The Morgan fingerprint density at radius 2 is 1.89 bits per heavy atom. The van der Waals surface area contributed by atoms with E-state index in [0.29, 0.717) is 42.7 Å². The van der Waals surface area contributed by atoms with E-state index in [9.17, 15) is 29.3 Å². The molecule has 0 fully saturated rings. The van der Waals surface area contributed by atoms with Crippen molar-refractivity contribution in [1.82, 2.24) is 10.2 Å². The van der Waals surface area contributed by atoms with Crippen molar-refractivity contribution in [1.29, 1.82) is 0 Å². The molecule has 0 heterocycles. The first-order valence-corrected chi connectivity index (χ1v) is 12.6. The van der Waals surface area contributed by atoms with Crippen LogP contribution in [0.3, 0.4) is 0 Å². The van der Waals surface area contributed by atoms with E-state index in [2.05, 4.69) is 5.32 Å². The number of carbonyl (C=O) groups excluding carboxylic acids is 2. The minimum Gasteiger partial charge on any atom is -0.504 e. The first-order chi connectivity index (χ1) is 17.5. The van der Waals surface area contributed by atoms with Crippen LogP contribution in [0.2, 0.25) is 0 Å². The van der Waals surface area contributed by atoms with Crippen molar-refractivity contribution in [3.05, 3.63) is 53.1 Å². The third-order valence-electron chi connectivity index (χ3n) is 6.21. The van der Waals surface area contributed by atoms with Crippen molar-refractivity contribution in [2.24, 2.45) is 5.92 Å². The number of ether oxygens (including phenoxy) is 1. The second-order valence-electron chi connectivity index (χ2n) is 9.75. The summed E-state index contributed by atoms with van der Waals surface area (Å²) in [4.78, 5) is 25.4. The van der Waals surface area contributed by atoms with Crippen LogP contribution in [0.1, 0.15) is 69.7 Å². The van der Waals surface area contributed by atoms with E-state index in [4.69, 9.17) is 4.74 Å². The average molecular weight is 519 g/mol. The number of unbranched alkanes of at least 4 members (excludes halogenated alkanes) is 1. The van der Waals surface area contributed by atoms with Crippen LogP contribution in [0, 0.1) is 5.92 Å². The van der Waals surface area contributed by atoms with Crippen molar-refractivity contribution in [3.8, 4) is 17.2 Å². The SMILES string of the molecule is CCCc1cc(C(C)(O)CF)ccc1OCCCCN(C=O)C(=O)NC(c1ccc(O)c(O)c1)C(C)C. The van der Waals surface area contributed by atoms with Crippen molar-refractivity contribution in [2.75, 3.05) is 19.8 Å². The largest absolute Gasteiger partial charge is 0.504 e. The second kappa shape index (κ2) is 13.8. The number of rotatable bonds is 14. The van der Waals surface area contributed by atoms with E-state index < -0.39 is 24.3 Å². The fraction of sp³-hybridized carbons (Fsp3) is 0.500. The van der Waals surface area contributed by atoms with Crippen LogP contribution in [0.25, 0.3) is 0 Å². The van der Waals surface area contributed by atoms with Crippen molar-refractivity contribution < 1.29 is 34.0 Å². The van der Waals surface area contributed by atoms with Crippen molar-refractivity contribution >= 4 is 12.4 Å². The van der Waals surface area contributed by atoms with Gasteiger partial charge in [0.2, 0.25) is 6.41 Å². The molecular formula is C28H39FN2O6. The van der Waals surface area contributed by atoms with E-state index in [1.807, 2.05) is 20.8 Å². The summed E-state index contributed by atoms with van der Waals surface area (Å²) < 4.78 is 19.1. The van der Waals surface area contributed by atoms with Crippen LogP contribution >= 0.6 is 0 Å². The molecule has 204 valence electrons. The molecule has 3 amide bonds. The highest BCUT2D eigenvalue weighted by atomic mass is 19.1. The molecule has 0 radical (unpaired) electrons. The number of hydrogen-bond acceptors (Lipinski definition) is 6. The summed E-state index contributed by atoms with van der Waals surface area (Å²) in [5, 5.41) is 32.4. The number of hydrogen-bond donors (Lipinski definition) is 4. The Morgan fingerprint density at radius 1 is 1.16 bits per heavy atom. The van der Waals surface area contributed by atoms with Gasteiger partial charge in [0.05, 0.1) is 12.6 Å². The Hall–Kier alpha value is -3.33. The van der Waals surface area contributed by atoms with Gasteiger partial charge >= 0.3 is 6.03 Å². The molecule has 2 unspecified atom stereocenters. The van der Waals surface area contributed by atoms with Crippen LogP contribution in [0.5, 0.6) is 17.2 Å². The van der Waals surface area contributed by atoms with E-state index in [1.165, 1.54) is 19.1 Å². The first kappa shape index (κ1) is 29.9. The van der Waals surface area contributed by atoms with E-state index in [-0.39, 0.29) is 24.0 Å². The van der Waals surface area contributed by atoms with Gasteiger partial charge in [0, 0.05) is 6.54 Å². The maximum absolute atomic E-state index is 13.2. The maximum Gasteiger partial charge on any atom is 0.324 e. The number of nitrogens with one attached hydrogen (secondary N) is 1. The van der Waals surface area contributed by atoms with E-state index in [1.54, 1.807) is 24.3 Å². The highest BCUT2D eigenvalue weighted by molar-refractivity contribution is 5.85. The topological polar surface area (TPSA) is 119 Å². The van der Waals surface area contributed by atoms with Crippen LogP contribution in [0.4, 0.5) is 9.18 Å². The minimum atomic E-state index is -1.54. The summed E-state index contributed by atoms with van der Waals surface area (Å²) in [6, 6.07) is 8.50. The molecule has 2 atom stereocenters. The average Bonchev–Trinajstić information content (AvgIpc) is 2.87. The molecule has 9 heteroatoms. The number of aromatic hydroxyl groups is 2. The predicted octanol–water partition coefficient (Wildman–Crippen LogP) is 4.95. The normalized spacial score (nSPS) is 13.6. The lowest BCUT2D eigenvalue weighted by Crippen LogP contribution is -2.42. The standard InChI is InChI=1S/C28H39FN2O6/c1-5-8-20-15-22(28(4,36)17-29)10-12-25(20)37-14-7-6-13-31(18-32)27(35)30-26(19(2)3)21-9-11-23(33)24(34)16-21/h9-12,15-16,18-19,26,33-34,36H,5-8,13-14,17H2,1-4H3,(H,30,35). The number of nitrogens with zero attached hydrogens (tertiary/aromatic N) is 1. The number of alkyl halides is 1. The fourth-order valence-electron chi connectivity index (χ4n) is 3.95. The molecule has 0 aromatic heterocycles. The molecular weight excluding hydrogens is 479 g/mol. The Kier molecular flexibility index (Phi) is 11.2. The molecule has 37 heavy (non-hydrogen) atoms. The summed E-state index contributed by atoms with van der Waals surface area (Å²) in [6.45, 7) is 6.94. The van der Waals surface area contributed by atoms with Gasteiger partial charge in [0.25, 0.3) is 0 Å². The zero-order chi connectivity index (χ0) is 27.6. The monoisotopic (exact) mass is 518 g/mol. The molecule has 0 saturated carbocycles. The third kappa shape index (κ3) is 8.35. The summed E-state index contributed by atoms with van der Waals surface area (Å²) in [6.07, 6.45) is 3.18. The zero-order valence-electron chi connectivity index (χ0n) is 22.0. The highest BCUT2D eigenvalue weighted by Crippen LogP contribution is 2.31. The van der Waals surface area contributed by atoms with Gasteiger partial charge in [-0.15, -0.1) is 0 Å². The molecule has 2 aromatic carbocycles. The number of phenols is 2. The molecule has 0 aliphatic heterocycles. The van der Waals surface area contributed by atoms with E-state index in [0.717, 1.165) is 23.3 Å². The van der Waals surface area contributed by atoms with Gasteiger partial charge in [0.15, 0.2) is 11.5 Å². The maximum atomic E-state index is 13.2. The number of phenolic OH excluding ortho intramolecular Hbond substituents is 2. The first-order valence-electron chi connectivity index (χ1n) is 12.6. The van der Waals surface area contributed by atoms with Gasteiger partial charge < -0.3 is 25.4 Å². The number of benzene rings is 2. The Labute approximate surface area is 218 Å². The molecule has 0 aliphatic carbocycles. The number of aliphatic hydroxyl groups is 1. The molecule has 0 spiro atoms. The Bertz CT molecular complexity index is 1040. The summed E-state index contributed by atoms with van der Waals surface area (Å²) in [7, 11) is 0. The fourth-order valence-corrected chi connectivity index (χ4v) is 3.95. The van der Waals surface area contributed by atoms with Gasteiger partial charge in [-0.2, -0.15) is 0 Å². The molecule has 8 nitrogen and oxygen atoms in total. The lowest BCUT2D eigenvalue weighted by molar-refractivity contribution is -0.115. The predicted molar refractivity (Wildman–Crippen MR) is 139 cm³/mol. The molecule has 0 saturated heterocycles. The smallest absolute Gasteiger partial charge is 0.324 e.